The first kappa shape index (κ1) is 30.6. The van der Waals surface area contributed by atoms with Crippen molar-refractivity contribution in [3.63, 3.8) is 0 Å². The number of nitrogens with zero attached hydrogens (tertiary/aromatic N) is 5. The normalized spacial score (nSPS) is 21.3. The summed E-state index contributed by atoms with van der Waals surface area (Å²) in [7, 11) is 0. The van der Waals surface area contributed by atoms with Crippen LogP contribution in [0.25, 0.3) is 11.2 Å². The van der Waals surface area contributed by atoms with Crippen molar-refractivity contribution in [2.45, 2.75) is 63.4 Å². The molecule has 8 N–H and O–H groups in total. The Hall–Kier alpha value is -3.36. The number of ether oxygens (including phenoxy) is 1. The van der Waals surface area contributed by atoms with E-state index >= 15 is 0 Å². The molecule has 2 amide bonds. The second-order valence-electron chi connectivity index (χ2n) is 11.5. The number of aromatic nitrogens is 4. The zero-order chi connectivity index (χ0) is 29.6. The summed E-state index contributed by atoms with van der Waals surface area (Å²) in [5.41, 5.74) is 14.4. The monoisotopic (exact) mass is 569 g/mol. The number of urea groups is 1. The van der Waals surface area contributed by atoms with Gasteiger partial charge in [0.25, 0.3) is 0 Å². The summed E-state index contributed by atoms with van der Waals surface area (Å²) < 4.78 is 7.72. The first-order chi connectivity index (χ1) is 19.6. The molecular formula is C28H43N9O4. The number of nitrogens with one attached hydrogen (secondary N) is 2. The largest absolute Gasteiger partial charge is 0.388 e. The SMILES string of the molecule is CC(C)(C)c1ccc(NC(=O)NCCN(CCCCN)C[C@H]2OCC(n3cnc4c(N)ncnc43)[C@H](O)[C@@H]2O)cc1. The van der Waals surface area contributed by atoms with Gasteiger partial charge in [-0.25, -0.2) is 19.7 Å². The lowest BCUT2D eigenvalue weighted by Crippen LogP contribution is -2.55. The van der Waals surface area contributed by atoms with Gasteiger partial charge in [0.1, 0.15) is 24.1 Å². The van der Waals surface area contributed by atoms with E-state index < -0.39 is 24.4 Å². The number of aliphatic hydroxyl groups is 2. The molecule has 1 saturated heterocycles. The van der Waals surface area contributed by atoms with Crippen LogP contribution in [0.15, 0.2) is 36.9 Å². The molecule has 3 aromatic rings. The molecule has 1 fully saturated rings. The number of fused-ring (bicyclic) bond motifs is 1. The van der Waals surface area contributed by atoms with Crippen LogP contribution in [0, 0.1) is 0 Å². The number of carbonyl (C=O) groups is 1. The highest BCUT2D eigenvalue weighted by atomic mass is 16.5. The van der Waals surface area contributed by atoms with Crippen molar-refractivity contribution in [3.05, 3.63) is 42.5 Å². The first-order valence-corrected chi connectivity index (χ1v) is 14.1. The van der Waals surface area contributed by atoms with E-state index in [1.807, 2.05) is 24.3 Å². The second kappa shape index (κ2) is 13.5. The number of aliphatic hydroxyl groups excluding tert-OH is 2. The molecule has 0 saturated carbocycles. The fourth-order valence-electron chi connectivity index (χ4n) is 4.97. The number of amides is 2. The van der Waals surface area contributed by atoms with Gasteiger partial charge in [-0.1, -0.05) is 32.9 Å². The minimum Gasteiger partial charge on any atom is -0.388 e. The lowest BCUT2D eigenvalue weighted by Gasteiger charge is -2.40. The number of nitrogens with two attached hydrogens (primary N) is 2. The molecule has 1 aromatic carbocycles. The number of benzene rings is 1. The lowest BCUT2D eigenvalue weighted by atomic mass is 9.87. The van der Waals surface area contributed by atoms with E-state index in [9.17, 15) is 15.0 Å². The third-order valence-electron chi connectivity index (χ3n) is 7.44. The Balaban J connectivity index is 1.31. The molecule has 41 heavy (non-hydrogen) atoms. The van der Waals surface area contributed by atoms with Gasteiger partial charge >= 0.3 is 6.03 Å². The molecule has 0 bridgehead atoms. The van der Waals surface area contributed by atoms with Gasteiger partial charge in [0.15, 0.2) is 11.5 Å². The van der Waals surface area contributed by atoms with Crippen LogP contribution in [0.4, 0.5) is 16.3 Å². The Morgan fingerprint density at radius 1 is 1.12 bits per heavy atom. The summed E-state index contributed by atoms with van der Waals surface area (Å²) in [5.74, 6) is 0.243. The van der Waals surface area contributed by atoms with Gasteiger partial charge in [0.05, 0.1) is 25.1 Å². The van der Waals surface area contributed by atoms with Gasteiger partial charge in [-0.15, -0.1) is 0 Å². The van der Waals surface area contributed by atoms with Crippen LogP contribution in [0.1, 0.15) is 45.2 Å². The van der Waals surface area contributed by atoms with Crippen molar-refractivity contribution < 1.29 is 19.7 Å². The van der Waals surface area contributed by atoms with E-state index in [0.29, 0.717) is 43.9 Å². The Kier molecular flexibility index (Phi) is 10.1. The van der Waals surface area contributed by atoms with E-state index in [4.69, 9.17) is 16.2 Å². The van der Waals surface area contributed by atoms with Crippen molar-refractivity contribution in [1.82, 2.24) is 29.7 Å². The number of hydrogen-bond acceptors (Lipinski definition) is 10. The summed E-state index contributed by atoms with van der Waals surface area (Å²) in [6.45, 7) is 9.19. The molecule has 1 aliphatic heterocycles. The highest BCUT2D eigenvalue weighted by Crippen LogP contribution is 2.28. The van der Waals surface area contributed by atoms with Gasteiger partial charge in [0.2, 0.25) is 0 Å². The minimum atomic E-state index is -1.14. The van der Waals surface area contributed by atoms with Crippen LogP contribution in [-0.2, 0) is 10.2 Å². The van der Waals surface area contributed by atoms with E-state index in [2.05, 4.69) is 51.3 Å². The average molecular weight is 570 g/mol. The third-order valence-corrected chi connectivity index (χ3v) is 7.44. The highest BCUT2D eigenvalue weighted by molar-refractivity contribution is 5.89. The predicted molar refractivity (Wildman–Crippen MR) is 157 cm³/mol. The maximum atomic E-state index is 12.5. The topological polar surface area (TPSA) is 190 Å². The lowest BCUT2D eigenvalue weighted by molar-refractivity contribution is -0.163. The second-order valence-corrected chi connectivity index (χ2v) is 11.5. The Morgan fingerprint density at radius 3 is 2.59 bits per heavy atom. The van der Waals surface area contributed by atoms with E-state index in [0.717, 1.165) is 18.5 Å². The Labute approximate surface area is 240 Å². The van der Waals surface area contributed by atoms with E-state index in [1.165, 1.54) is 18.2 Å². The molecule has 2 aromatic heterocycles. The molecule has 1 unspecified atom stereocenters. The van der Waals surface area contributed by atoms with Gasteiger partial charge < -0.3 is 41.6 Å². The van der Waals surface area contributed by atoms with Gasteiger partial charge in [0, 0.05) is 25.3 Å². The first-order valence-electron chi connectivity index (χ1n) is 14.1. The highest BCUT2D eigenvalue weighted by Gasteiger charge is 2.40. The number of unbranched alkanes of at least 4 members (excludes halogenated alkanes) is 1. The van der Waals surface area contributed by atoms with Crippen LogP contribution in [0.3, 0.4) is 0 Å². The zero-order valence-corrected chi connectivity index (χ0v) is 24.0. The standard InChI is InChI=1S/C28H43N9O4/c1-28(2,3)18-6-8-19(9-7-18)35-27(40)31-11-13-36(12-5-4-10-29)14-21-24(39)23(38)20(15-41-21)37-17-34-22-25(30)32-16-33-26(22)37/h6-9,16-17,20-21,23-24,38-39H,4-5,10-15,29H2,1-3H3,(H2,30,32,33)(H2,31,35,40)/t20?,21-,23+,24-/m1/s1. The molecule has 13 nitrogen and oxygen atoms in total. The number of imidazole rings is 1. The van der Waals surface area contributed by atoms with Crippen LogP contribution in [0.5, 0.6) is 0 Å². The summed E-state index contributed by atoms with van der Waals surface area (Å²) in [4.78, 5) is 27.1. The third kappa shape index (κ3) is 7.68. The fraction of sp³-hybridized carbons (Fsp3) is 0.571. The molecule has 0 spiro atoms. The van der Waals surface area contributed by atoms with Crippen molar-refractivity contribution in [2.75, 3.05) is 50.4 Å². The van der Waals surface area contributed by atoms with Crippen LogP contribution >= 0.6 is 0 Å². The number of nitrogen functional groups attached to an aromatic ring is 1. The van der Waals surface area contributed by atoms with Crippen LogP contribution < -0.4 is 22.1 Å². The molecule has 4 rings (SSSR count). The molecule has 13 heteroatoms. The van der Waals surface area contributed by atoms with E-state index in [1.54, 1.807) is 4.57 Å². The van der Waals surface area contributed by atoms with Gasteiger partial charge in [-0.3, -0.25) is 4.90 Å². The molecule has 224 valence electrons. The average Bonchev–Trinajstić information content (AvgIpc) is 3.36. The summed E-state index contributed by atoms with van der Waals surface area (Å²) >= 11 is 0. The molecule has 0 aliphatic carbocycles. The van der Waals surface area contributed by atoms with Crippen molar-refractivity contribution in [1.29, 1.82) is 0 Å². The molecule has 1 aliphatic rings. The Morgan fingerprint density at radius 2 is 1.88 bits per heavy atom. The molecular weight excluding hydrogens is 526 g/mol. The fourth-order valence-corrected chi connectivity index (χ4v) is 4.97. The zero-order valence-electron chi connectivity index (χ0n) is 24.0. The maximum absolute atomic E-state index is 12.5. The number of carbonyl (C=O) groups excluding carboxylic acids is 1. The predicted octanol–water partition coefficient (Wildman–Crippen LogP) is 1.23. The van der Waals surface area contributed by atoms with Crippen molar-refractivity contribution >= 4 is 28.7 Å². The molecule has 4 atom stereocenters. The molecule has 0 radical (unpaired) electrons. The maximum Gasteiger partial charge on any atom is 0.319 e. The van der Waals surface area contributed by atoms with Gasteiger partial charge in [-0.05, 0) is 49.0 Å². The van der Waals surface area contributed by atoms with Crippen molar-refractivity contribution in [2.24, 2.45) is 5.73 Å². The summed E-state index contributed by atoms with van der Waals surface area (Å²) in [5, 5.41) is 27.8. The smallest absolute Gasteiger partial charge is 0.319 e. The minimum absolute atomic E-state index is 0.0397. The van der Waals surface area contributed by atoms with Gasteiger partial charge in [-0.2, -0.15) is 0 Å². The summed E-state index contributed by atoms with van der Waals surface area (Å²) in [6, 6.07) is 6.94. The molecule has 3 heterocycles. The number of anilines is 2. The van der Waals surface area contributed by atoms with E-state index in [-0.39, 0.29) is 23.9 Å². The number of rotatable bonds is 11. The van der Waals surface area contributed by atoms with Crippen LogP contribution in [-0.4, -0.2) is 98.3 Å². The van der Waals surface area contributed by atoms with Crippen LogP contribution in [0.2, 0.25) is 0 Å². The summed E-state index contributed by atoms with van der Waals surface area (Å²) in [6.07, 6.45) is 1.70. The van der Waals surface area contributed by atoms with Crippen molar-refractivity contribution in [3.8, 4) is 0 Å². The Bertz CT molecular complexity index is 1280. The number of hydrogen-bond donors (Lipinski definition) is 6. The quantitative estimate of drug-likeness (QED) is 0.183.